The Morgan fingerprint density at radius 1 is 1.32 bits per heavy atom. The van der Waals surface area contributed by atoms with Gasteiger partial charge in [0.25, 0.3) is 0 Å². The Bertz CT molecular complexity index is 551. The Morgan fingerprint density at radius 2 is 1.95 bits per heavy atom. The minimum absolute atomic E-state index is 0.110. The van der Waals surface area contributed by atoms with Crippen LogP contribution in [0.25, 0.3) is 0 Å². The van der Waals surface area contributed by atoms with Crippen LogP contribution in [-0.2, 0) is 11.3 Å². The molecule has 2 fully saturated rings. The largest absolute Gasteiger partial charge is 0.327 e. The van der Waals surface area contributed by atoms with Crippen molar-refractivity contribution in [3.63, 3.8) is 0 Å². The normalized spacial score (nSPS) is 31.1. The van der Waals surface area contributed by atoms with Crippen molar-refractivity contribution in [1.82, 2.24) is 9.78 Å². The van der Waals surface area contributed by atoms with Crippen molar-refractivity contribution >= 4 is 11.6 Å². The third-order valence-electron chi connectivity index (χ3n) is 5.71. The van der Waals surface area contributed by atoms with Gasteiger partial charge in [-0.3, -0.25) is 9.48 Å². The van der Waals surface area contributed by atoms with Crippen LogP contribution in [0, 0.1) is 31.6 Å². The second kappa shape index (κ2) is 6.03. The summed E-state index contributed by atoms with van der Waals surface area (Å²) in [4.78, 5) is 12.7. The highest BCUT2D eigenvalue weighted by molar-refractivity contribution is 5.93. The number of hydrogen-bond acceptors (Lipinski definition) is 3. The molecule has 0 aliphatic heterocycles. The molecule has 2 atom stereocenters. The fourth-order valence-corrected chi connectivity index (χ4v) is 4.41. The lowest BCUT2D eigenvalue weighted by molar-refractivity contribution is -0.122. The number of nitrogens with one attached hydrogen (secondary N) is 1. The number of amides is 1. The molecule has 2 aliphatic rings. The van der Waals surface area contributed by atoms with Crippen LogP contribution in [0.5, 0.6) is 0 Å². The minimum atomic E-state index is 0.110. The standard InChI is InChI=1S/C17H28N4O/c1-4-21-11(3)16(10(2)20-21)19-17(22)14-8-12-6-5-7-13(9-14)15(12)18/h12-15H,4-9,18H2,1-3H3,(H,19,22). The first-order valence-electron chi connectivity index (χ1n) is 8.61. The predicted molar refractivity (Wildman–Crippen MR) is 87.5 cm³/mol. The third kappa shape index (κ3) is 2.67. The Labute approximate surface area is 132 Å². The molecule has 3 rings (SSSR count). The number of nitrogens with zero attached hydrogens (tertiary/aromatic N) is 2. The van der Waals surface area contributed by atoms with E-state index < -0.39 is 0 Å². The van der Waals surface area contributed by atoms with Gasteiger partial charge in [0, 0.05) is 18.5 Å². The van der Waals surface area contributed by atoms with E-state index in [1.807, 2.05) is 18.5 Å². The van der Waals surface area contributed by atoms with Gasteiger partial charge in [-0.2, -0.15) is 5.10 Å². The maximum absolute atomic E-state index is 12.7. The first kappa shape index (κ1) is 15.5. The summed E-state index contributed by atoms with van der Waals surface area (Å²) < 4.78 is 1.94. The maximum Gasteiger partial charge on any atom is 0.227 e. The average molecular weight is 304 g/mol. The van der Waals surface area contributed by atoms with E-state index in [2.05, 4.69) is 17.3 Å². The third-order valence-corrected chi connectivity index (χ3v) is 5.71. The van der Waals surface area contributed by atoms with Crippen LogP contribution in [0.2, 0.25) is 0 Å². The van der Waals surface area contributed by atoms with Crippen LogP contribution in [0.4, 0.5) is 5.69 Å². The molecule has 3 N–H and O–H groups in total. The van der Waals surface area contributed by atoms with Gasteiger partial charge in [0.2, 0.25) is 5.91 Å². The molecule has 0 saturated heterocycles. The second-order valence-electron chi connectivity index (χ2n) is 7.05. The fourth-order valence-electron chi connectivity index (χ4n) is 4.41. The molecule has 5 nitrogen and oxygen atoms in total. The van der Waals surface area contributed by atoms with Gasteiger partial charge in [-0.1, -0.05) is 6.42 Å². The van der Waals surface area contributed by atoms with Gasteiger partial charge >= 0.3 is 0 Å². The number of carbonyl (C=O) groups is 1. The highest BCUT2D eigenvalue weighted by Crippen LogP contribution is 2.42. The van der Waals surface area contributed by atoms with E-state index in [-0.39, 0.29) is 11.8 Å². The van der Waals surface area contributed by atoms with Gasteiger partial charge < -0.3 is 11.1 Å². The van der Waals surface area contributed by atoms with Crippen molar-refractivity contribution < 1.29 is 4.79 Å². The number of anilines is 1. The molecule has 0 radical (unpaired) electrons. The van der Waals surface area contributed by atoms with Crippen molar-refractivity contribution in [1.29, 1.82) is 0 Å². The van der Waals surface area contributed by atoms with Gasteiger partial charge in [-0.25, -0.2) is 0 Å². The van der Waals surface area contributed by atoms with Crippen molar-refractivity contribution in [3.05, 3.63) is 11.4 Å². The number of nitrogens with two attached hydrogens (primary N) is 1. The Kier molecular flexibility index (Phi) is 4.26. The van der Waals surface area contributed by atoms with Crippen LogP contribution in [0.15, 0.2) is 0 Å². The van der Waals surface area contributed by atoms with Crippen LogP contribution >= 0.6 is 0 Å². The van der Waals surface area contributed by atoms with E-state index in [1.54, 1.807) is 0 Å². The van der Waals surface area contributed by atoms with Crippen molar-refractivity contribution in [3.8, 4) is 0 Å². The Hall–Kier alpha value is -1.36. The Balaban J connectivity index is 1.71. The summed E-state index contributed by atoms with van der Waals surface area (Å²) in [6.07, 6.45) is 5.55. The summed E-state index contributed by atoms with van der Waals surface area (Å²) in [5.74, 6) is 1.33. The summed E-state index contributed by atoms with van der Waals surface area (Å²) >= 11 is 0. The van der Waals surface area contributed by atoms with E-state index in [0.29, 0.717) is 17.9 Å². The molecule has 1 amide bonds. The second-order valence-corrected chi connectivity index (χ2v) is 7.05. The summed E-state index contributed by atoms with van der Waals surface area (Å²) in [6, 6.07) is 0.309. The molecule has 0 aromatic carbocycles. The average Bonchev–Trinajstić information content (AvgIpc) is 2.74. The Morgan fingerprint density at radius 3 is 2.50 bits per heavy atom. The number of carbonyl (C=O) groups excluding carboxylic acids is 1. The van der Waals surface area contributed by atoms with Crippen LogP contribution < -0.4 is 11.1 Å². The molecule has 5 heteroatoms. The molecule has 2 aliphatic carbocycles. The van der Waals surface area contributed by atoms with Crippen LogP contribution in [0.1, 0.15) is 50.4 Å². The molecule has 1 aromatic heterocycles. The molecule has 122 valence electrons. The lowest BCUT2D eigenvalue weighted by atomic mass is 9.65. The fraction of sp³-hybridized carbons (Fsp3) is 0.765. The number of aromatic nitrogens is 2. The van der Waals surface area contributed by atoms with Gasteiger partial charge in [0.1, 0.15) is 0 Å². The topological polar surface area (TPSA) is 72.9 Å². The zero-order valence-electron chi connectivity index (χ0n) is 13.9. The van der Waals surface area contributed by atoms with Crippen LogP contribution in [-0.4, -0.2) is 21.7 Å². The van der Waals surface area contributed by atoms with Crippen molar-refractivity contribution in [2.24, 2.45) is 23.5 Å². The molecule has 2 saturated carbocycles. The number of fused-ring (bicyclic) bond motifs is 2. The van der Waals surface area contributed by atoms with E-state index >= 15 is 0 Å². The van der Waals surface area contributed by atoms with Crippen molar-refractivity contribution in [2.45, 2.75) is 65.5 Å². The highest BCUT2D eigenvalue weighted by atomic mass is 16.1. The van der Waals surface area contributed by atoms with Gasteiger partial charge in [-0.05, 0) is 58.3 Å². The quantitative estimate of drug-likeness (QED) is 0.901. The van der Waals surface area contributed by atoms with Crippen LogP contribution in [0.3, 0.4) is 0 Å². The first-order valence-corrected chi connectivity index (χ1v) is 8.61. The van der Waals surface area contributed by atoms with Gasteiger partial charge in [0.05, 0.1) is 17.1 Å². The van der Waals surface area contributed by atoms with Gasteiger partial charge in [-0.15, -0.1) is 0 Å². The van der Waals surface area contributed by atoms with Crippen molar-refractivity contribution in [2.75, 3.05) is 5.32 Å². The monoisotopic (exact) mass is 304 g/mol. The highest BCUT2D eigenvalue weighted by Gasteiger charge is 2.40. The zero-order chi connectivity index (χ0) is 15.9. The van der Waals surface area contributed by atoms with E-state index in [4.69, 9.17) is 5.73 Å². The molecule has 1 aromatic rings. The molecular formula is C17H28N4O. The summed E-state index contributed by atoms with van der Waals surface area (Å²) in [7, 11) is 0. The number of rotatable bonds is 3. The maximum atomic E-state index is 12.7. The minimum Gasteiger partial charge on any atom is -0.327 e. The zero-order valence-corrected chi connectivity index (χ0v) is 13.9. The number of aryl methyl sites for hydroxylation is 2. The lowest BCUT2D eigenvalue weighted by Crippen LogP contribution is -2.48. The SMILES string of the molecule is CCn1nc(C)c(NC(=O)C2CC3CCCC(C2)C3N)c1C. The van der Waals surface area contributed by atoms with E-state index in [0.717, 1.165) is 36.5 Å². The summed E-state index contributed by atoms with van der Waals surface area (Å²) in [5, 5.41) is 7.62. The molecule has 0 spiro atoms. The lowest BCUT2D eigenvalue weighted by Gasteiger charge is -2.43. The molecular weight excluding hydrogens is 276 g/mol. The number of hydrogen-bond donors (Lipinski definition) is 2. The predicted octanol–water partition coefficient (Wildman–Crippen LogP) is 2.61. The molecule has 22 heavy (non-hydrogen) atoms. The molecule has 1 heterocycles. The summed E-state index contributed by atoms with van der Waals surface area (Å²) in [5.41, 5.74) is 9.16. The first-order chi connectivity index (χ1) is 10.5. The van der Waals surface area contributed by atoms with Gasteiger partial charge in [0.15, 0.2) is 0 Å². The molecule has 2 unspecified atom stereocenters. The smallest absolute Gasteiger partial charge is 0.227 e. The molecule has 2 bridgehead atoms. The summed E-state index contributed by atoms with van der Waals surface area (Å²) in [6.45, 7) is 6.87. The van der Waals surface area contributed by atoms with E-state index in [1.165, 1.54) is 19.3 Å². The van der Waals surface area contributed by atoms with E-state index in [9.17, 15) is 4.79 Å².